The zero-order chi connectivity index (χ0) is 34.0. The minimum atomic E-state index is -1.46. The van der Waals surface area contributed by atoms with Gasteiger partial charge >= 0.3 is 29.8 Å². The summed E-state index contributed by atoms with van der Waals surface area (Å²) in [6.45, 7) is 2.67. The molecule has 1 saturated heterocycles. The molecule has 4 atom stereocenters. The van der Waals surface area contributed by atoms with Gasteiger partial charge in [0.25, 0.3) is 0 Å². The van der Waals surface area contributed by atoms with Crippen LogP contribution in [0.25, 0.3) is 0 Å². The first kappa shape index (κ1) is 33.5. The third kappa shape index (κ3) is 7.58. The summed E-state index contributed by atoms with van der Waals surface area (Å²) in [6, 6.07) is 24.3. The molecule has 0 saturated carbocycles. The standard InChI is InChI=1S/C35H32N2O11/c1-3-43-34(41)26-27(35(42)44-4-2)37(21-36-26)30-29(48-33(40)24-18-12-7-13-19-24)28(47-32(39)23-16-10-6-11-17-23)25(46-30)20-45-31(38)22-14-8-5-9-15-22/h5-19,21,25,28-30H,3-4,20H2,1-2H3/t25-,28-,29-,30-/m1/s1. The van der Waals surface area contributed by atoms with Crippen molar-refractivity contribution in [2.24, 2.45) is 0 Å². The summed E-state index contributed by atoms with van der Waals surface area (Å²) in [5.41, 5.74) is -0.101. The van der Waals surface area contributed by atoms with Crippen LogP contribution in [0, 0.1) is 0 Å². The van der Waals surface area contributed by atoms with Crippen molar-refractivity contribution in [2.45, 2.75) is 38.4 Å². The largest absolute Gasteiger partial charge is 0.461 e. The summed E-state index contributed by atoms with van der Waals surface area (Å²) >= 11 is 0. The Kier molecular flexibility index (Phi) is 10.9. The van der Waals surface area contributed by atoms with Crippen LogP contribution in [0.4, 0.5) is 0 Å². The monoisotopic (exact) mass is 656 g/mol. The maximum atomic E-state index is 13.5. The number of imidazole rings is 1. The predicted octanol–water partition coefficient (Wildman–Crippen LogP) is 4.44. The lowest BCUT2D eigenvalue weighted by molar-refractivity contribution is -0.0631. The molecule has 0 amide bonds. The minimum absolute atomic E-state index is 0.00241. The summed E-state index contributed by atoms with van der Waals surface area (Å²) in [5.74, 6) is -4.12. The molecule has 0 spiro atoms. The van der Waals surface area contributed by atoms with Gasteiger partial charge in [0.1, 0.15) is 12.7 Å². The summed E-state index contributed by atoms with van der Waals surface area (Å²) in [4.78, 5) is 69.9. The van der Waals surface area contributed by atoms with Crippen molar-refractivity contribution in [3.8, 4) is 0 Å². The molecule has 13 nitrogen and oxygen atoms in total. The second kappa shape index (κ2) is 15.6. The van der Waals surface area contributed by atoms with E-state index in [1.807, 2.05) is 0 Å². The number of esters is 5. The molecule has 48 heavy (non-hydrogen) atoms. The highest BCUT2D eigenvalue weighted by Gasteiger charge is 2.52. The van der Waals surface area contributed by atoms with Crippen molar-refractivity contribution in [1.82, 2.24) is 9.55 Å². The van der Waals surface area contributed by atoms with Gasteiger partial charge in [-0.2, -0.15) is 0 Å². The van der Waals surface area contributed by atoms with Gasteiger partial charge < -0.3 is 28.4 Å². The Hall–Kier alpha value is -5.82. The first-order valence-electron chi connectivity index (χ1n) is 15.1. The zero-order valence-electron chi connectivity index (χ0n) is 26.1. The Labute approximate surface area is 275 Å². The molecule has 0 radical (unpaired) electrons. The van der Waals surface area contributed by atoms with Gasteiger partial charge in [0.05, 0.1) is 36.2 Å². The van der Waals surface area contributed by atoms with E-state index in [0.717, 1.165) is 10.9 Å². The lowest BCUT2D eigenvalue weighted by Gasteiger charge is -2.25. The zero-order valence-corrected chi connectivity index (χ0v) is 26.1. The number of ether oxygens (including phenoxy) is 6. The minimum Gasteiger partial charge on any atom is -0.461 e. The van der Waals surface area contributed by atoms with Crippen LogP contribution in [-0.2, 0) is 28.4 Å². The molecule has 4 aromatic rings. The molecular weight excluding hydrogens is 624 g/mol. The van der Waals surface area contributed by atoms with Gasteiger partial charge in [-0.1, -0.05) is 54.6 Å². The summed E-state index contributed by atoms with van der Waals surface area (Å²) in [5, 5.41) is 0. The fourth-order valence-electron chi connectivity index (χ4n) is 4.99. The van der Waals surface area contributed by atoms with Crippen LogP contribution in [0.5, 0.6) is 0 Å². The second-order valence-corrected chi connectivity index (χ2v) is 10.3. The van der Waals surface area contributed by atoms with Crippen molar-refractivity contribution < 1.29 is 52.4 Å². The highest BCUT2D eigenvalue weighted by atomic mass is 16.7. The molecule has 1 fully saturated rings. The molecular formula is C35H32N2O11. The number of benzene rings is 3. The van der Waals surface area contributed by atoms with Crippen molar-refractivity contribution in [3.63, 3.8) is 0 Å². The first-order valence-corrected chi connectivity index (χ1v) is 15.1. The average Bonchev–Trinajstić information content (AvgIpc) is 3.70. The maximum absolute atomic E-state index is 13.5. The van der Waals surface area contributed by atoms with Crippen LogP contribution in [0.1, 0.15) is 72.1 Å². The van der Waals surface area contributed by atoms with Crippen LogP contribution in [0.3, 0.4) is 0 Å². The van der Waals surface area contributed by atoms with E-state index in [1.165, 1.54) is 24.3 Å². The number of hydrogen-bond donors (Lipinski definition) is 0. The maximum Gasteiger partial charge on any atom is 0.359 e. The van der Waals surface area contributed by atoms with Gasteiger partial charge in [0.15, 0.2) is 29.8 Å². The van der Waals surface area contributed by atoms with E-state index < -0.39 is 61.0 Å². The molecule has 0 N–H and O–H groups in total. The molecule has 13 heteroatoms. The number of hydrogen-bond acceptors (Lipinski definition) is 12. The molecule has 248 valence electrons. The highest BCUT2D eigenvalue weighted by Crippen LogP contribution is 2.37. The first-order chi connectivity index (χ1) is 23.3. The molecule has 0 aliphatic carbocycles. The van der Waals surface area contributed by atoms with Crippen molar-refractivity contribution in [3.05, 3.63) is 125 Å². The summed E-state index contributed by atoms with van der Waals surface area (Å²) in [6.07, 6.45) is -4.37. The van der Waals surface area contributed by atoms with Crippen LogP contribution in [-0.4, -0.2) is 77.5 Å². The van der Waals surface area contributed by atoms with E-state index in [4.69, 9.17) is 28.4 Å². The Morgan fingerprint density at radius 1 is 0.625 bits per heavy atom. The molecule has 3 aromatic carbocycles. The number of aromatic nitrogens is 2. The van der Waals surface area contributed by atoms with Gasteiger partial charge in [0.2, 0.25) is 0 Å². The lowest BCUT2D eigenvalue weighted by Crippen LogP contribution is -2.41. The van der Waals surface area contributed by atoms with Gasteiger partial charge in [-0.05, 0) is 50.2 Å². The van der Waals surface area contributed by atoms with E-state index >= 15 is 0 Å². The number of nitrogens with zero attached hydrogens (tertiary/aromatic N) is 2. The average molecular weight is 657 g/mol. The normalized spacial score (nSPS) is 18.4. The van der Waals surface area contributed by atoms with Crippen LogP contribution >= 0.6 is 0 Å². The van der Waals surface area contributed by atoms with Gasteiger partial charge in [-0.3, -0.25) is 4.57 Å². The number of carbonyl (C=O) groups excluding carboxylic acids is 5. The van der Waals surface area contributed by atoms with Crippen LogP contribution in [0.15, 0.2) is 97.3 Å². The molecule has 1 aliphatic rings. The Balaban J connectivity index is 1.57. The fourth-order valence-corrected chi connectivity index (χ4v) is 4.99. The smallest absolute Gasteiger partial charge is 0.359 e. The molecule has 1 aromatic heterocycles. The van der Waals surface area contributed by atoms with E-state index in [0.29, 0.717) is 0 Å². The highest BCUT2D eigenvalue weighted by molar-refractivity contribution is 6.00. The fraction of sp³-hybridized carbons (Fsp3) is 0.257. The van der Waals surface area contributed by atoms with E-state index in [-0.39, 0.29) is 41.3 Å². The third-order valence-electron chi connectivity index (χ3n) is 7.18. The quantitative estimate of drug-likeness (QED) is 0.156. The van der Waals surface area contributed by atoms with Crippen molar-refractivity contribution in [1.29, 1.82) is 0 Å². The number of carbonyl (C=O) groups is 5. The predicted molar refractivity (Wildman–Crippen MR) is 166 cm³/mol. The van der Waals surface area contributed by atoms with Crippen LogP contribution in [0.2, 0.25) is 0 Å². The summed E-state index contributed by atoms with van der Waals surface area (Å²) in [7, 11) is 0. The molecule has 5 rings (SSSR count). The summed E-state index contributed by atoms with van der Waals surface area (Å²) < 4.78 is 35.2. The molecule has 1 aliphatic heterocycles. The third-order valence-corrected chi connectivity index (χ3v) is 7.18. The second-order valence-electron chi connectivity index (χ2n) is 10.3. The molecule has 2 heterocycles. The number of rotatable bonds is 12. The Morgan fingerprint density at radius 3 is 1.62 bits per heavy atom. The Bertz CT molecular complexity index is 1740. The van der Waals surface area contributed by atoms with Crippen molar-refractivity contribution in [2.75, 3.05) is 19.8 Å². The van der Waals surface area contributed by atoms with E-state index in [2.05, 4.69) is 4.98 Å². The molecule has 0 unspecified atom stereocenters. The van der Waals surface area contributed by atoms with E-state index in [9.17, 15) is 24.0 Å². The SMILES string of the molecule is CCOC(=O)c1ncn([C@@H]2O[C@H](COC(=O)c3ccccc3)[C@@H](OC(=O)c3ccccc3)[C@H]2OC(=O)c2ccccc2)c1C(=O)OCC. The topological polar surface area (TPSA) is 159 Å². The Morgan fingerprint density at radius 2 is 1.10 bits per heavy atom. The van der Waals surface area contributed by atoms with E-state index in [1.54, 1.807) is 80.6 Å². The lowest BCUT2D eigenvalue weighted by atomic mass is 10.1. The van der Waals surface area contributed by atoms with Gasteiger partial charge in [-0.15, -0.1) is 0 Å². The molecule has 0 bridgehead atoms. The van der Waals surface area contributed by atoms with Gasteiger partial charge in [-0.25, -0.2) is 29.0 Å². The van der Waals surface area contributed by atoms with Crippen LogP contribution < -0.4 is 0 Å². The van der Waals surface area contributed by atoms with Crippen molar-refractivity contribution >= 4 is 29.8 Å². The van der Waals surface area contributed by atoms with Gasteiger partial charge in [0, 0.05) is 0 Å².